The predicted molar refractivity (Wildman–Crippen MR) is 35.7 cm³/mol. The molecular weight excluding hydrogens is 152 g/mol. The van der Waals surface area contributed by atoms with Crippen LogP contribution >= 0.6 is 11.6 Å². The lowest BCUT2D eigenvalue weighted by Gasteiger charge is -1.84. The number of halogens is 1. The van der Waals surface area contributed by atoms with Gasteiger partial charge in [0.1, 0.15) is 0 Å². The Hall–Kier alpha value is -0.570. The first-order chi connectivity index (χ1) is 4.84. The highest BCUT2D eigenvalue weighted by molar-refractivity contribution is 6.27. The Kier molecular flexibility index (Phi) is 1.38. The van der Waals surface area contributed by atoms with Crippen molar-refractivity contribution >= 4 is 11.6 Å². The second kappa shape index (κ2) is 2.23. The van der Waals surface area contributed by atoms with Crippen molar-refractivity contribution in [2.45, 2.75) is 19.3 Å². The predicted octanol–water partition coefficient (Wildman–Crippen LogP) is 1.68. The van der Waals surface area contributed by atoms with Crippen LogP contribution in [0.1, 0.15) is 18.7 Å². The average molecular weight is 159 g/mol. The Labute approximate surface area is 63.4 Å². The molecule has 1 aliphatic rings. The molecule has 0 amide bonds. The fourth-order valence-corrected chi connectivity index (χ4v) is 1.03. The first kappa shape index (κ1) is 6.16. The van der Waals surface area contributed by atoms with Crippen LogP contribution in [0, 0.1) is 5.92 Å². The molecule has 0 radical (unpaired) electrons. The molecule has 10 heavy (non-hydrogen) atoms. The van der Waals surface area contributed by atoms with E-state index in [2.05, 4.69) is 14.7 Å². The summed E-state index contributed by atoms with van der Waals surface area (Å²) in [6.45, 7) is 0. The molecule has 1 saturated carbocycles. The van der Waals surface area contributed by atoms with Crippen LogP contribution in [0.4, 0.5) is 0 Å². The van der Waals surface area contributed by atoms with Crippen molar-refractivity contribution in [3.8, 4) is 0 Å². The van der Waals surface area contributed by atoms with Gasteiger partial charge < -0.3 is 4.52 Å². The SMILES string of the molecule is Clc1nc(CC2CC2)no1. The van der Waals surface area contributed by atoms with Crippen molar-refractivity contribution < 1.29 is 4.52 Å². The molecule has 4 heteroatoms. The van der Waals surface area contributed by atoms with Gasteiger partial charge in [-0.15, -0.1) is 0 Å². The lowest BCUT2D eigenvalue weighted by atomic mass is 10.3. The van der Waals surface area contributed by atoms with Gasteiger partial charge in [-0.1, -0.05) is 5.16 Å². The van der Waals surface area contributed by atoms with Crippen molar-refractivity contribution in [1.82, 2.24) is 10.1 Å². The molecule has 0 unspecified atom stereocenters. The van der Waals surface area contributed by atoms with E-state index in [9.17, 15) is 0 Å². The van der Waals surface area contributed by atoms with Crippen LogP contribution in [0.15, 0.2) is 4.52 Å². The number of nitrogens with zero attached hydrogens (tertiary/aromatic N) is 2. The molecule has 2 rings (SSSR count). The fraction of sp³-hybridized carbons (Fsp3) is 0.667. The molecule has 0 spiro atoms. The summed E-state index contributed by atoms with van der Waals surface area (Å²) < 4.78 is 4.60. The first-order valence-electron chi connectivity index (χ1n) is 3.32. The van der Waals surface area contributed by atoms with Gasteiger partial charge >= 0.3 is 5.35 Å². The molecule has 0 N–H and O–H groups in total. The van der Waals surface area contributed by atoms with Crippen molar-refractivity contribution in [2.24, 2.45) is 5.92 Å². The Morgan fingerprint density at radius 2 is 2.40 bits per heavy atom. The van der Waals surface area contributed by atoms with E-state index in [1.165, 1.54) is 12.8 Å². The molecule has 1 aromatic heterocycles. The molecular formula is C6H7ClN2O. The molecule has 1 heterocycles. The van der Waals surface area contributed by atoms with Gasteiger partial charge in [-0.05, 0) is 30.4 Å². The third kappa shape index (κ3) is 1.29. The maximum atomic E-state index is 5.42. The van der Waals surface area contributed by atoms with E-state index in [4.69, 9.17) is 11.6 Å². The van der Waals surface area contributed by atoms with Gasteiger partial charge in [-0.25, -0.2) is 0 Å². The minimum Gasteiger partial charge on any atom is -0.321 e. The monoisotopic (exact) mass is 158 g/mol. The standard InChI is InChI=1S/C6H7ClN2O/c7-6-8-5(9-10-6)3-4-1-2-4/h4H,1-3H2. The largest absolute Gasteiger partial charge is 0.321 e. The molecule has 0 saturated heterocycles. The molecule has 1 aliphatic carbocycles. The van der Waals surface area contributed by atoms with Crippen molar-refractivity contribution in [3.05, 3.63) is 11.2 Å². The molecule has 1 fully saturated rings. The summed E-state index contributed by atoms with van der Waals surface area (Å²) in [6, 6.07) is 0. The zero-order valence-electron chi connectivity index (χ0n) is 5.38. The zero-order valence-corrected chi connectivity index (χ0v) is 6.14. The molecule has 3 nitrogen and oxygen atoms in total. The lowest BCUT2D eigenvalue weighted by molar-refractivity contribution is 0.410. The van der Waals surface area contributed by atoms with E-state index in [0.717, 1.165) is 18.2 Å². The number of hydrogen-bond acceptors (Lipinski definition) is 3. The minimum atomic E-state index is 0.149. The highest BCUT2D eigenvalue weighted by Gasteiger charge is 2.23. The number of rotatable bonds is 2. The number of hydrogen-bond donors (Lipinski definition) is 0. The topological polar surface area (TPSA) is 38.9 Å². The molecule has 54 valence electrons. The van der Waals surface area contributed by atoms with Crippen LogP contribution in [-0.4, -0.2) is 10.1 Å². The highest BCUT2D eigenvalue weighted by atomic mass is 35.5. The second-order valence-electron chi connectivity index (χ2n) is 2.61. The van der Waals surface area contributed by atoms with Crippen LogP contribution in [0.5, 0.6) is 0 Å². The average Bonchev–Trinajstić information content (AvgIpc) is 2.59. The highest BCUT2D eigenvalue weighted by Crippen LogP contribution is 2.31. The Morgan fingerprint density at radius 1 is 1.60 bits per heavy atom. The van der Waals surface area contributed by atoms with E-state index >= 15 is 0 Å². The summed E-state index contributed by atoms with van der Waals surface area (Å²) in [5.41, 5.74) is 0. The van der Waals surface area contributed by atoms with Crippen molar-refractivity contribution in [2.75, 3.05) is 0 Å². The van der Waals surface area contributed by atoms with E-state index in [-0.39, 0.29) is 5.35 Å². The van der Waals surface area contributed by atoms with Crippen molar-refractivity contribution in [3.63, 3.8) is 0 Å². The third-order valence-electron chi connectivity index (χ3n) is 1.61. The summed E-state index contributed by atoms with van der Waals surface area (Å²) in [5, 5.41) is 3.83. The van der Waals surface area contributed by atoms with Crippen molar-refractivity contribution in [1.29, 1.82) is 0 Å². The smallest absolute Gasteiger partial charge is 0.320 e. The van der Waals surface area contributed by atoms with Crippen LogP contribution in [-0.2, 0) is 6.42 Å². The van der Waals surface area contributed by atoms with Gasteiger partial charge in [0.05, 0.1) is 0 Å². The van der Waals surface area contributed by atoms with Crippen LogP contribution in [0.3, 0.4) is 0 Å². The van der Waals surface area contributed by atoms with Crippen LogP contribution < -0.4 is 0 Å². The summed E-state index contributed by atoms with van der Waals surface area (Å²) in [6.07, 6.45) is 3.52. The molecule has 1 aromatic rings. The van der Waals surface area contributed by atoms with Gasteiger partial charge in [0.25, 0.3) is 0 Å². The zero-order chi connectivity index (χ0) is 6.97. The Bertz CT molecular complexity index is 231. The normalized spacial score (nSPS) is 17.7. The third-order valence-corrected chi connectivity index (χ3v) is 1.76. The summed E-state index contributed by atoms with van der Waals surface area (Å²) in [4.78, 5) is 3.88. The lowest BCUT2D eigenvalue weighted by Crippen LogP contribution is -1.88. The molecule has 0 bridgehead atoms. The van der Waals surface area contributed by atoms with Crippen LogP contribution in [0.25, 0.3) is 0 Å². The maximum Gasteiger partial charge on any atom is 0.320 e. The molecule has 0 aromatic carbocycles. The van der Waals surface area contributed by atoms with E-state index in [1.807, 2.05) is 0 Å². The fourth-order valence-electron chi connectivity index (χ4n) is 0.896. The van der Waals surface area contributed by atoms with Gasteiger partial charge in [0.2, 0.25) is 0 Å². The summed E-state index contributed by atoms with van der Waals surface area (Å²) in [5.74, 6) is 1.53. The maximum absolute atomic E-state index is 5.42. The van der Waals surface area contributed by atoms with E-state index < -0.39 is 0 Å². The summed E-state index contributed by atoms with van der Waals surface area (Å²) in [7, 11) is 0. The van der Waals surface area contributed by atoms with Gasteiger partial charge in [0, 0.05) is 6.42 Å². The van der Waals surface area contributed by atoms with Gasteiger partial charge in [-0.2, -0.15) is 4.98 Å². The Balaban J connectivity index is 2.03. The minimum absolute atomic E-state index is 0.149. The number of aromatic nitrogens is 2. The van der Waals surface area contributed by atoms with Gasteiger partial charge in [0.15, 0.2) is 5.82 Å². The van der Waals surface area contributed by atoms with Gasteiger partial charge in [-0.3, -0.25) is 0 Å². The Morgan fingerprint density at radius 3 is 2.90 bits per heavy atom. The van der Waals surface area contributed by atoms with E-state index in [0.29, 0.717) is 0 Å². The summed E-state index contributed by atoms with van der Waals surface area (Å²) >= 11 is 5.42. The molecule has 0 atom stereocenters. The molecule has 0 aliphatic heterocycles. The second-order valence-corrected chi connectivity index (χ2v) is 2.93. The van der Waals surface area contributed by atoms with Crippen LogP contribution in [0.2, 0.25) is 5.35 Å². The van der Waals surface area contributed by atoms with E-state index in [1.54, 1.807) is 0 Å². The first-order valence-corrected chi connectivity index (χ1v) is 3.70. The quantitative estimate of drug-likeness (QED) is 0.658.